The molecule has 0 aromatic carbocycles. The zero-order valence-electron chi connectivity index (χ0n) is 14.2. The Morgan fingerprint density at radius 1 is 0.571 bits per heavy atom. The van der Waals surface area contributed by atoms with Gasteiger partial charge >= 0.3 is 0 Å². The summed E-state index contributed by atoms with van der Waals surface area (Å²) < 4.78 is 14.8. The average Bonchev–Trinajstić information content (AvgIpc) is 2.49. The van der Waals surface area contributed by atoms with Gasteiger partial charge in [0.25, 0.3) is 0 Å². The quantitative estimate of drug-likeness (QED) is 0.553. The second kappa shape index (κ2) is 7.01. The van der Waals surface area contributed by atoms with Gasteiger partial charge in [0.2, 0.25) is 0 Å². The second-order valence-electron chi connectivity index (χ2n) is 8.79. The zero-order chi connectivity index (χ0) is 14.8. The zero-order valence-corrected chi connectivity index (χ0v) is 14.2. The van der Waals surface area contributed by atoms with Gasteiger partial charge in [-0.15, -0.1) is 0 Å². The fourth-order valence-electron chi connectivity index (χ4n) is 5.60. The van der Waals surface area contributed by atoms with Crippen LogP contribution in [0.1, 0.15) is 84.5 Å². The molecule has 0 bridgehead atoms. The third-order valence-electron chi connectivity index (χ3n) is 7.26. The first-order valence-corrected chi connectivity index (χ1v) is 9.77. The van der Waals surface area contributed by atoms with E-state index in [9.17, 15) is 4.39 Å². The van der Waals surface area contributed by atoms with Crippen LogP contribution in [-0.4, -0.2) is 6.17 Å². The van der Waals surface area contributed by atoms with Crippen LogP contribution in [-0.2, 0) is 0 Å². The summed E-state index contributed by atoms with van der Waals surface area (Å²) in [5.41, 5.74) is 0. The van der Waals surface area contributed by atoms with Crippen molar-refractivity contribution in [2.45, 2.75) is 90.6 Å². The van der Waals surface area contributed by atoms with Crippen LogP contribution in [0.25, 0.3) is 0 Å². The van der Waals surface area contributed by atoms with Crippen LogP contribution in [0.15, 0.2) is 0 Å². The summed E-state index contributed by atoms with van der Waals surface area (Å²) in [4.78, 5) is 0. The maximum Gasteiger partial charge on any atom is 0.103 e. The first kappa shape index (κ1) is 15.8. The van der Waals surface area contributed by atoms with E-state index in [-0.39, 0.29) is 0 Å². The highest BCUT2D eigenvalue weighted by Crippen LogP contribution is 2.46. The van der Waals surface area contributed by atoms with Crippen LogP contribution in [0, 0.1) is 35.5 Å². The Hall–Kier alpha value is -0.0700. The standard InChI is InChI=1S/C20H35F/c1-14-3-7-16(8-4-14)18-11-12-19(20(21)13-18)17-9-5-15(2)6-10-17/h14-20H,3-13H2,1-2H3/t14?,15?,16?,17?,18-,19?,20?/m1/s1. The van der Waals surface area contributed by atoms with Gasteiger partial charge in [0.05, 0.1) is 0 Å². The van der Waals surface area contributed by atoms with E-state index in [1.165, 1.54) is 64.2 Å². The van der Waals surface area contributed by atoms with Gasteiger partial charge in [0.1, 0.15) is 6.17 Å². The summed E-state index contributed by atoms with van der Waals surface area (Å²) in [6.45, 7) is 4.75. The Morgan fingerprint density at radius 2 is 1.05 bits per heavy atom. The summed E-state index contributed by atoms with van der Waals surface area (Å²) in [6, 6.07) is 0. The van der Waals surface area contributed by atoms with Crippen molar-refractivity contribution in [2.24, 2.45) is 35.5 Å². The van der Waals surface area contributed by atoms with E-state index < -0.39 is 6.17 Å². The highest BCUT2D eigenvalue weighted by Gasteiger charge is 2.39. The van der Waals surface area contributed by atoms with Crippen molar-refractivity contribution in [3.63, 3.8) is 0 Å². The fourth-order valence-corrected chi connectivity index (χ4v) is 5.60. The van der Waals surface area contributed by atoms with Crippen molar-refractivity contribution in [3.8, 4) is 0 Å². The Bertz CT molecular complexity index is 310. The Morgan fingerprint density at radius 3 is 1.57 bits per heavy atom. The van der Waals surface area contributed by atoms with E-state index in [1.54, 1.807) is 0 Å². The largest absolute Gasteiger partial charge is 0.247 e. The number of halogens is 1. The van der Waals surface area contributed by atoms with E-state index >= 15 is 0 Å². The molecule has 3 aliphatic rings. The van der Waals surface area contributed by atoms with Crippen LogP contribution >= 0.6 is 0 Å². The van der Waals surface area contributed by atoms with E-state index in [2.05, 4.69) is 13.8 Å². The average molecular weight is 294 g/mol. The topological polar surface area (TPSA) is 0 Å². The minimum atomic E-state index is -0.485. The predicted molar refractivity (Wildman–Crippen MR) is 88.0 cm³/mol. The summed E-state index contributed by atoms with van der Waals surface area (Å²) in [5.74, 6) is 4.50. The van der Waals surface area contributed by atoms with Crippen LogP contribution in [0.2, 0.25) is 0 Å². The van der Waals surface area contributed by atoms with Gasteiger partial charge < -0.3 is 0 Å². The van der Waals surface area contributed by atoms with Crippen molar-refractivity contribution in [1.82, 2.24) is 0 Å². The van der Waals surface area contributed by atoms with Gasteiger partial charge in [-0.25, -0.2) is 4.39 Å². The molecule has 3 rings (SSSR count). The maximum atomic E-state index is 14.8. The van der Waals surface area contributed by atoms with Gasteiger partial charge in [-0.2, -0.15) is 0 Å². The highest BCUT2D eigenvalue weighted by molar-refractivity contribution is 4.89. The number of hydrogen-bond acceptors (Lipinski definition) is 0. The van der Waals surface area contributed by atoms with Crippen molar-refractivity contribution in [1.29, 1.82) is 0 Å². The Labute approximate surface area is 131 Å². The van der Waals surface area contributed by atoms with Gasteiger partial charge in [-0.1, -0.05) is 39.5 Å². The van der Waals surface area contributed by atoms with Crippen molar-refractivity contribution in [2.75, 3.05) is 0 Å². The molecule has 0 heterocycles. The predicted octanol–water partition coefficient (Wildman–Crippen LogP) is 6.39. The normalized spacial score (nSPS) is 49.0. The lowest BCUT2D eigenvalue weighted by Gasteiger charge is -2.42. The molecule has 3 aliphatic carbocycles. The molecule has 21 heavy (non-hydrogen) atoms. The van der Waals surface area contributed by atoms with Gasteiger partial charge in [-0.05, 0) is 80.5 Å². The molecule has 0 spiro atoms. The molecule has 0 aromatic heterocycles. The minimum absolute atomic E-state index is 0.413. The van der Waals surface area contributed by atoms with E-state index in [1.807, 2.05) is 0 Å². The molecule has 0 aliphatic heterocycles. The molecule has 2 unspecified atom stereocenters. The van der Waals surface area contributed by atoms with Crippen molar-refractivity contribution < 1.29 is 4.39 Å². The molecule has 122 valence electrons. The first-order chi connectivity index (χ1) is 10.1. The minimum Gasteiger partial charge on any atom is -0.247 e. The van der Waals surface area contributed by atoms with Crippen LogP contribution in [0.5, 0.6) is 0 Å². The Balaban J connectivity index is 1.50. The summed E-state index contributed by atoms with van der Waals surface area (Å²) in [6.07, 6.45) is 13.8. The van der Waals surface area contributed by atoms with Crippen LogP contribution in [0.3, 0.4) is 0 Å². The Kier molecular flexibility index (Phi) is 5.27. The van der Waals surface area contributed by atoms with Gasteiger partial charge in [0, 0.05) is 0 Å². The van der Waals surface area contributed by atoms with E-state index in [4.69, 9.17) is 0 Å². The molecule has 0 amide bonds. The van der Waals surface area contributed by atoms with Crippen molar-refractivity contribution >= 4 is 0 Å². The molecule has 0 N–H and O–H groups in total. The van der Waals surface area contributed by atoms with Crippen molar-refractivity contribution in [3.05, 3.63) is 0 Å². The van der Waals surface area contributed by atoms with E-state index in [0.29, 0.717) is 17.8 Å². The fraction of sp³-hybridized carbons (Fsp3) is 1.00. The molecule has 0 radical (unpaired) electrons. The van der Waals surface area contributed by atoms with Crippen LogP contribution < -0.4 is 0 Å². The maximum absolute atomic E-state index is 14.8. The molecular weight excluding hydrogens is 259 g/mol. The highest BCUT2D eigenvalue weighted by atomic mass is 19.1. The molecule has 3 fully saturated rings. The third kappa shape index (κ3) is 3.82. The van der Waals surface area contributed by atoms with E-state index in [0.717, 1.165) is 24.2 Å². The SMILES string of the molecule is CC1CCC(C2CC[C@@H](C3CCC(C)CC3)CC2F)CC1. The summed E-state index contributed by atoms with van der Waals surface area (Å²) in [7, 11) is 0. The lowest BCUT2D eigenvalue weighted by Crippen LogP contribution is -2.36. The number of hydrogen-bond donors (Lipinski definition) is 0. The lowest BCUT2D eigenvalue weighted by atomic mass is 9.64. The van der Waals surface area contributed by atoms with Crippen LogP contribution in [0.4, 0.5) is 4.39 Å². The molecule has 3 atom stereocenters. The lowest BCUT2D eigenvalue weighted by molar-refractivity contribution is 0.0349. The van der Waals surface area contributed by atoms with Gasteiger partial charge in [-0.3, -0.25) is 0 Å². The summed E-state index contributed by atoms with van der Waals surface area (Å²) >= 11 is 0. The second-order valence-corrected chi connectivity index (χ2v) is 8.79. The molecule has 3 saturated carbocycles. The molecule has 0 nitrogen and oxygen atoms in total. The monoisotopic (exact) mass is 294 g/mol. The molecular formula is C20H35F. The first-order valence-electron chi connectivity index (χ1n) is 9.77. The number of alkyl halides is 1. The smallest absolute Gasteiger partial charge is 0.103 e. The van der Waals surface area contributed by atoms with Gasteiger partial charge in [0.15, 0.2) is 0 Å². The molecule has 0 aromatic rings. The number of rotatable bonds is 2. The summed E-state index contributed by atoms with van der Waals surface area (Å²) in [5, 5.41) is 0. The molecule has 1 heteroatoms. The molecule has 0 saturated heterocycles. The third-order valence-corrected chi connectivity index (χ3v) is 7.26.